The van der Waals surface area contributed by atoms with Crippen molar-refractivity contribution in [2.75, 3.05) is 33.3 Å². The molecule has 0 N–H and O–H groups in total. The minimum absolute atomic E-state index is 0.0406. The van der Waals surface area contributed by atoms with E-state index in [0.717, 1.165) is 41.5 Å². The predicted octanol–water partition coefficient (Wildman–Crippen LogP) is 10.6. The van der Waals surface area contributed by atoms with Crippen molar-refractivity contribution in [1.82, 2.24) is 0 Å². The van der Waals surface area contributed by atoms with Crippen molar-refractivity contribution < 1.29 is 14.2 Å². The lowest BCUT2D eigenvalue weighted by molar-refractivity contribution is 0.353. The lowest BCUT2D eigenvalue weighted by Gasteiger charge is -2.29. The minimum Gasteiger partial charge on any atom is -0.496 e. The van der Waals surface area contributed by atoms with Gasteiger partial charge >= 0.3 is 0 Å². The summed E-state index contributed by atoms with van der Waals surface area (Å²) in [5.74, 6) is 2.60. The first-order valence-electron chi connectivity index (χ1n) is 17.2. The van der Waals surface area contributed by atoms with E-state index in [4.69, 9.17) is 25.8 Å². The summed E-state index contributed by atoms with van der Waals surface area (Å²) < 4.78 is 17.2. The van der Waals surface area contributed by atoms with Gasteiger partial charge < -0.3 is 19.1 Å². The van der Waals surface area contributed by atoms with Crippen LogP contribution in [0.15, 0.2) is 76.0 Å². The molecule has 0 saturated heterocycles. The summed E-state index contributed by atoms with van der Waals surface area (Å²) >= 11 is 7.26. The highest BCUT2D eigenvalue weighted by atomic mass is 35.5. The van der Waals surface area contributed by atoms with Crippen LogP contribution in [0.3, 0.4) is 0 Å². The van der Waals surface area contributed by atoms with Crippen molar-refractivity contribution >= 4 is 22.9 Å². The van der Waals surface area contributed by atoms with E-state index in [1.807, 2.05) is 0 Å². The molecule has 46 heavy (non-hydrogen) atoms. The summed E-state index contributed by atoms with van der Waals surface area (Å²) in [7, 11) is 7.46. The van der Waals surface area contributed by atoms with E-state index in [1.165, 1.54) is 107 Å². The van der Waals surface area contributed by atoms with E-state index in [0.29, 0.717) is 0 Å². The van der Waals surface area contributed by atoms with Crippen LogP contribution >= 0.6 is 11.6 Å². The van der Waals surface area contributed by atoms with Crippen LogP contribution in [0.25, 0.3) is 5.57 Å². The Balaban J connectivity index is 1.23. The Kier molecular flexibility index (Phi) is 8.16. The molecule has 4 aliphatic carbocycles. The number of methoxy groups -OCH3 is 3. The van der Waals surface area contributed by atoms with Gasteiger partial charge in [0.05, 0.1) is 21.3 Å². The van der Waals surface area contributed by atoms with Crippen molar-refractivity contribution in [1.29, 1.82) is 0 Å². The maximum Gasteiger partial charge on any atom is 0.161 e. The van der Waals surface area contributed by atoms with Gasteiger partial charge in [-0.15, -0.1) is 0 Å². The first-order valence-corrected chi connectivity index (χ1v) is 17.6. The molecular formula is C41H48ClNO3. The molecule has 0 atom stereocenters. The number of ether oxygens (including phenoxy) is 3. The van der Waals surface area contributed by atoms with Gasteiger partial charge in [-0.25, -0.2) is 0 Å². The van der Waals surface area contributed by atoms with Gasteiger partial charge in [0.15, 0.2) is 11.5 Å². The van der Waals surface area contributed by atoms with E-state index in [9.17, 15) is 0 Å². The van der Waals surface area contributed by atoms with Crippen LogP contribution in [-0.2, 0) is 10.8 Å². The summed E-state index contributed by atoms with van der Waals surface area (Å²) in [5, 5.41) is 0.924. The van der Waals surface area contributed by atoms with Crippen LogP contribution in [-0.4, -0.2) is 28.4 Å². The second-order valence-corrected chi connectivity index (χ2v) is 14.4. The molecule has 242 valence electrons. The highest BCUT2D eigenvalue weighted by Crippen LogP contribution is 2.59. The molecule has 2 aromatic rings. The highest BCUT2D eigenvalue weighted by molar-refractivity contribution is 6.32. The third-order valence-electron chi connectivity index (χ3n) is 11.9. The van der Waals surface area contributed by atoms with E-state index in [2.05, 4.69) is 74.4 Å². The summed E-state index contributed by atoms with van der Waals surface area (Å²) in [6.45, 7) is 4.42. The Morgan fingerprint density at radius 2 is 1.35 bits per heavy atom. The van der Waals surface area contributed by atoms with Gasteiger partial charge in [0, 0.05) is 34.3 Å². The molecule has 4 nitrogen and oxygen atoms in total. The van der Waals surface area contributed by atoms with Crippen LogP contribution in [0, 0.1) is 6.92 Å². The Hall–Kier alpha value is -3.37. The van der Waals surface area contributed by atoms with Gasteiger partial charge in [-0.05, 0) is 134 Å². The van der Waals surface area contributed by atoms with Gasteiger partial charge in [-0.1, -0.05) is 55.5 Å². The molecule has 1 aliphatic heterocycles. The monoisotopic (exact) mass is 637 g/mol. The number of nitrogens with zero attached hydrogens (tertiary/aromatic N) is 1. The summed E-state index contributed by atoms with van der Waals surface area (Å²) in [6, 6.07) is 9.02. The molecule has 7 rings (SSSR count). The lowest BCUT2D eigenvalue weighted by atomic mass is 9.75. The molecule has 2 aromatic carbocycles. The van der Waals surface area contributed by atoms with Crippen LogP contribution in [0.2, 0.25) is 0 Å². The fourth-order valence-corrected chi connectivity index (χ4v) is 9.84. The van der Waals surface area contributed by atoms with Crippen LogP contribution in [0.5, 0.6) is 17.2 Å². The smallest absolute Gasteiger partial charge is 0.161 e. The number of aryl methyl sites for hydroxylation is 1. The number of fused-ring (bicyclic) bond motifs is 4. The second kappa shape index (κ2) is 12.0. The van der Waals surface area contributed by atoms with Crippen molar-refractivity contribution in [2.45, 2.75) is 95.3 Å². The number of benzene rings is 2. The van der Waals surface area contributed by atoms with Crippen molar-refractivity contribution in [3.8, 4) is 17.2 Å². The Morgan fingerprint density at radius 1 is 0.717 bits per heavy atom. The zero-order valence-electron chi connectivity index (χ0n) is 28.4. The van der Waals surface area contributed by atoms with E-state index >= 15 is 0 Å². The highest BCUT2D eigenvalue weighted by Gasteiger charge is 2.48. The number of hydrogen-bond donors (Lipinski definition) is 0. The fourth-order valence-electron chi connectivity index (χ4n) is 9.53. The predicted molar refractivity (Wildman–Crippen MR) is 191 cm³/mol. The Labute approximate surface area is 280 Å². The first-order chi connectivity index (χ1) is 22.3. The average Bonchev–Trinajstić information content (AvgIpc) is 3.84. The number of hydrogen-bond acceptors (Lipinski definition) is 4. The molecule has 2 spiro atoms. The Bertz CT molecular complexity index is 1730. The maximum absolute atomic E-state index is 7.26. The minimum atomic E-state index is 0.0406. The van der Waals surface area contributed by atoms with Gasteiger partial charge in [-0.3, -0.25) is 0 Å². The molecule has 0 amide bonds. The molecule has 0 unspecified atom stereocenters. The van der Waals surface area contributed by atoms with Crippen LogP contribution in [0.4, 0.5) is 5.69 Å². The molecule has 2 fully saturated rings. The average molecular weight is 638 g/mol. The van der Waals surface area contributed by atoms with Crippen LogP contribution in [0.1, 0.15) is 99.8 Å². The molecule has 5 aliphatic rings. The standard InChI is InChI=1S/C41H48ClNO3/c1-26-22-34-33(25-35(26)44-4)41(20-9-10-21-41)38(43(34)3)17-15-29-13-11-12-28(39(29)42)14-16-31-27(2)30-23-36(45-5)37(46-6)24-32(30)40(31)18-7-8-19-40/h14-17,22-25H,7-13,18-21H2,1-6H3/b16-14+,29-15+,38-17-. The largest absolute Gasteiger partial charge is 0.496 e. The maximum atomic E-state index is 7.26. The van der Waals surface area contributed by atoms with Crippen LogP contribution < -0.4 is 19.1 Å². The van der Waals surface area contributed by atoms with Gasteiger partial charge in [0.25, 0.3) is 0 Å². The third-order valence-corrected chi connectivity index (χ3v) is 12.4. The molecule has 1 heterocycles. The van der Waals surface area contributed by atoms with Gasteiger partial charge in [-0.2, -0.15) is 0 Å². The molecule has 0 bridgehead atoms. The quantitative estimate of drug-likeness (QED) is 0.315. The van der Waals surface area contributed by atoms with E-state index in [-0.39, 0.29) is 10.8 Å². The van der Waals surface area contributed by atoms with Crippen molar-refractivity contribution in [3.63, 3.8) is 0 Å². The Morgan fingerprint density at radius 3 is 2.02 bits per heavy atom. The normalized spacial score (nSPS) is 23.2. The van der Waals surface area contributed by atoms with E-state index in [1.54, 1.807) is 21.3 Å². The second-order valence-electron chi connectivity index (χ2n) is 14.0. The SMILES string of the molecule is COc1cc2c(cc1C)N(C)/C(=C\C=C1/CCCC(/C=C/C3=C(C)c4cc(OC)c(OC)cc4C34CCCC4)=C1Cl)C21CCCC1. The lowest BCUT2D eigenvalue weighted by Crippen LogP contribution is -2.26. The molecule has 2 saturated carbocycles. The summed E-state index contributed by atoms with van der Waals surface area (Å²) in [6.07, 6.45) is 22.2. The van der Waals surface area contributed by atoms with Crippen molar-refractivity contribution in [2.24, 2.45) is 0 Å². The number of likely N-dealkylation sites (N-methyl/N-ethyl adjacent to an activating group) is 1. The molecule has 0 radical (unpaired) electrons. The third kappa shape index (κ3) is 4.69. The number of rotatable bonds is 6. The zero-order chi connectivity index (χ0) is 32.2. The van der Waals surface area contributed by atoms with Gasteiger partial charge in [0.2, 0.25) is 0 Å². The zero-order valence-corrected chi connectivity index (χ0v) is 29.2. The number of allylic oxidation sites excluding steroid dienone is 10. The first kappa shape index (κ1) is 31.2. The topological polar surface area (TPSA) is 30.9 Å². The number of anilines is 1. The van der Waals surface area contributed by atoms with Crippen molar-refractivity contribution in [3.05, 3.63) is 98.3 Å². The molecular weight excluding hydrogens is 590 g/mol. The molecule has 5 heteroatoms. The number of halogens is 1. The van der Waals surface area contributed by atoms with Gasteiger partial charge in [0.1, 0.15) is 5.75 Å². The molecule has 0 aromatic heterocycles. The summed E-state index contributed by atoms with van der Waals surface area (Å²) in [5.41, 5.74) is 13.4. The van der Waals surface area contributed by atoms with E-state index < -0.39 is 0 Å². The summed E-state index contributed by atoms with van der Waals surface area (Å²) in [4.78, 5) is 2.42. The fraction of sp³-hybridized carbons (Fsp3) is 0.463.